The number of benzene rings is 1. The van der Waals surface area contributed by atoms with Gasteiger partial charge in [0, 0.05) is 43.5 Å². The van der Waals surface area contributed by atoms with E-state index in [9.17, 15) is 14.9 Å². The van der Waals surface area contributed by atoms with Gasteiger partial charge in [-0.3, -0.25) is 19.8 Å². The topological polar surface area (TPSA) is 87.5 Å². The van der Waals surface area contributed by atoms with Gasteiger partial charge in [-0.15, -0.1) is 12.4 Å². The molecule has 0 aliphatic carbocycles. The molecule has 1 aliphatic rings. The molecule has 0 unspecified atom stereocenters. The molecular weight excluding hydrogens is 308 g/mol. The monoisotopic (exact) mass is 328 g/mol. The number of hydrogen-bond donors (Lipinski definition) is 2. The molecule has 0 aromatic heterocycles. The summed E-state index contributed by atoms with van der Waals surface area (Å²) in [6.45, 7) is 6.76. The summed E-state index contributed by atoms with van der Waals surface area (Å²) in [4.78, 5) is 24.5. The zero-order chi connectivity index (χ0) is 15.4. The van der Waals surface area contributed by atoms with Crippen LogP contribution in [0.4, 0.5) is 11.4 Å². The molecule has 22 heavy (non-hydrogen) atoms. The molecule has 1 saturated heterocycles. The van der Waals surface area contributed by atoms with Gasteiger partial charge in [-0.2, -0.15) is 0 Å². The average Bonchev–Trinajstić information content (AvgIpc) is 2.43. The van der Waals surface area contributed by atoms with Gasteiger partial charge < -0.3 is 10.6 Å². The van der Waals surface area contributed by atoms with Crippen molar-refractivity contribution >= 4 is 29.7 Å². The summed E-state index contributed by atoms with van der Waals surface area (Å²) in [6, 6.07) is 4.76. The molecule has 1 aliphatic heterocycles. The number of halogens is 1. The Labute approximate surface area is 135 Å². The fraction of sp³-hybridized carbons (Fsp3) is 0.500. The number of nitrogens with zero attached hydrogens (tertiary/aromatic N) is 2. The molecule has 122 valence electrons. The van der Waals surface area contributed by atoms with Gasteiger partial charge in [0.1, 0.15) is 0 Å². The van der Waals surface area contributed by atoms with Crippen LogP contribution >= 0.6 is 12.4 Å². The van der Waals surface area contributed by atoms with Crippen molar-refractivity contribution in [2.75, 3.05) is 31.5 Å². The first-order valence-corrected chi connectivity index (χ1v) is 6.97. The van der Waals surface area contributed by atoms with Crippen LogP contribution < -0.4 is 10.6 Å². The van der Waals surface area contributed by atoms with Crippen LogP contribution in [-0.4, -0.2) is 48.0 Å². The smallest absolute Gasteiger partial charge is 0.269 e. The first-order valence-electron chi connectivity index (χ1n) is 6.97. The number of rotatable bonds is 4. The lowest BCUT2D eigenvalue weighted by Gasteiger charge is -2.33. The minimum Gasteiger partial charge on any atom is -0.325 e. The Morgan fingerprint density at radius 1 is 1.55 bits per heavy atom. The Morgan fingerprint density at radius 2 is 2.27 bits per heavy atom. The summed E-state index contributed by atoms with van der Waals surface area (Å²) in [5, 5.41) is 16.8. The summed E-state index contributed by atoms with van der Waals surface area (Å²) >= 11 is 0. The Morgan fingerprint density at radius 3 is 2.86 bits per heavy atom. The number of piperazine rings is 1. The fourth-order valence-corrected chi connectivity index (χ4v) is 2.39. The Bertz CT molecular complexity index is 553. The molecule has 7 nitrogen and oxygen atoms in total. The summed E-state index contributed by atoms with van der Waals surface area (Å²) in [7, 11) is 0. The Balaban J connectivity index is 0.00000242. The van der Waals surface area contributed by atoms with Crippen molar-refractivity contribution in [3.63, 3.8) is 0 Å². The zero-order valence-corrected chi connectivity index (χ0v) is 13.5. The summed E-state index contributed by atoms with van der Waals surface area (Å²) in [5.41, 5.74) is 1.33. The van der Waals surface area contributed by atoms with E-state index in [1.165, 1.54) is 12.1 Å². The van der Waals surface area contributed by atoms with Crippen molar-refractivity contribution < 1.29 is 9.72 Å². The van der Waals surface area contributed by atoms with Gasteiger partial charge in [-0.05, 0) is 25.5 Å². The highest BCUT2D eigenvalue weighted by molar-refractivity contribution is 5.93. The number of carbonyl (C=O) groups is 1. The fourth-order valence-electron chi connectivity index (χ4n) is 2.39. The minimum atomic E-state index is -0.443. The van der Waals surface area contributed by atoms with Gasteiger partial charge in [0.25, 0.3) is 5.69 Å². The van der Waals surface area contributed by atoms with E-state index in [0.717, 1.165) is 19.6 Å². The summed E-state index contributed by atoms with van der Waals surface area (Å²) < 4.78 is 0. The largest absolute Gasteiger partial charge is 0.325 e. The number of aryl methyl sites for hydroxylation is 1. The molecule has 1 amide bonds. The highest BCUT2D eigenvalue weighted by Gasteiger charge is 2.20. The van der Waals surface area contributed by atoms with E-state index in [-0.39, 0.29) is 24.0 Å². The quantitative estimate of drug-likeness (QED) is 0.647. The third kappa shape index (κ3) is 4.66. The molecule has 0 bridgehead atoms. The van der Waals surface area contributed by atoms with Crippen molar-refractivity contribution in [2.45, 2.75) is 19.9 Å². The van der Waals surface area contributed by atoms with Crippen molar-refractivity contribution in [1.82, 2.24) is 10.2 Å². The van der Waals surface area contributed by atoms with Gasteiger partial charge >= 0.3 is 0 Å². The summed E-state index contributed by atoms with van der Waals surface area (Å²) in [6.07, 6.45) is 0. The number of anilines is 1. The predicted octanol–water partition coefficient (Wildman–Crippen LogP) is 1.56. The molecule has 1 heterocycles. The van der Waals surface area contributed by atoms with E-state index in [1.54, 1.807) is 13.0 Å². The molecule has 1 aromatic rings. The molecule has 2 N–H and O–H groups in total. The maximum absolute atomic E-state index is 12.1. The lowest BCUT2D eigenvalue weighted by atomic mass is 10.1. The van der Waals surface area contributed by atoms with Crippen molar-refractivity contribution in [2.24, 2.45) is 0 Å². The van der Waals surface area contributed by atoms with Crippen LogP contribution in [-0.2, 0) is 4.79 Å². The molecule has 0 radical (unpaired) electrons. The predicted molar refractivity (Wildman–Crippen MR) is 87.6 cm³/mol. The average molecular weight is 329 g/mol. The second-order valence-electron chi connectivity index (χ2n) is 5.33. The van der Waals surface area contributed by atoms with Gasteiger partial charge in [0.2, 0.25) is 5.91 Å². The standard InChI is InChI=1S/C14H20N4O3.ClH/c1-10-7-12(18(20)21)3-4-13(10)16-14(19)9-17-6-5-15-8-11(17)2;/h3-4,7,11,15H,5-6,8-9H2,1-2H3,(H,16,19);1H/t11-;/m1./s1. The highest BCUT2D eigenvalue weighted by Crippen LogP contribution is 2.21. The van der Waals surface area contributed by atoms with Crippen molar-refractivity contribution in [3.05, 3.63) is 33.9 Å². The van der Waals surface area contributed by atoms with Crippen LogP contribution in [0, 0.1) is 17.0 Å². The van der Waals surface area contributed by atoms with Crippen LogP contribution in [0.25, 0.3) is 0 Å². The number of nitro groups is 1. The third-order valence-corrected chi connectivity index (χ3v) is 3.68. The van der Waals surface area contributed by atoms with Gasteiger partial charge in [-0.25, -0.2) is 0 Å². The first kappa shape index (κ1) is 18.3. The second-order valence-corrected chi connectivity index (χ2v) is 5.33. The molecule has 1 aromatic carbocycles. The van der Waals surface area contributed by atoms with Crippen molar-refractivity contribution in [1.29, 1.82) is 0 Å². The Kier molecular flexibility index (Phi) is 6.73. The number of nitrogens with one attached hydrogen (secondary N) is 2. The van der Waals surface area contributed by atoms with Crippen LogP contribution in [0.15, 0.2) is 18.2 Å². The third-order valence-electron chi connectivity index (χ3n) is 3.68. The van der Waals surface area contributed by atoms with Crippen LogP contribution in [0.1, 0.15) is 12.5 Å². The minimum absolute atomic E-state index is 0. The molecule has 2 rings (SSSR count). The van der Waals surface area contributed by atoms with Gasteiger partial charge in [-0.1, -0.05) is 0 Å². The molecule has 0 saturated carbocycles. The Hall–Kier alpha value is -1.70. The maximum Gasteiger partial charge on any atom is 0.269 e. The molecular formula is C14H21ClN4O3. The van der Waals surface area contributed by atoms with E-state index in [0.29, 0.717) is 23.8 Å². The summed E-state index contributed by atoms with van der Waals surface area (Å²) in [5.74, 6) is -0.0966. The van der Waals surface area contributed by atoms with Gasteiger partial charge in [0.05, 0.1) is 11.5 Å². The van der Waals surface area contributed by atoms with Crippen LogP contribution in [0.5, 0.6) is 0 Å². The van der Waals surface area contributed by atoms with E-state index < -0.39 is 4.92 Å². The van der Waals surface area contributed by atoms with Gasteiger partial charge in [0.15, 0.2) is 0 Å². The molecule has 8 heteroatoms. The van der Waals surface area contributed by atoms with E-state index in [2.05, 4.69) is 22.5 Å². The number of amides is 1. The van der Waals surface area contributed by atoms with E-state index >= 15 is 0 Å². The first-order chi connectivity index (χ1) is 9.97. The van der Waals surface area contributed by atoms with E-state index in [1.807, 2.05) is 0 Å². The number of carbonyl (C=O) groups excluding carboxylic acids is 1. The zero-order valence-electron chi connectivity index (χ0n) is 12.7. The highest BCUT2D eigenvalue weighted by atomic mass is 35.5. The SMILES string of the molecule is Cc1cc([N+](=O)[O-])ccc1NC(=O)CN1CCNC[C@H]1C.Cl. The number of hydrogen-bond acceptors (Lipinski definition) is 5. The van der Waals surface area contributed by atoms with Crippen LogP contribution in [0.2, 0.25) is 0 Å². The second kappa shape index (κ2) is 8.07. The van der Waals surface area contributed by atoms with Crippen molar-refractivity contribution in [3.8, 4) is 0 Å². The van der Waals surface area contributed by atoms with Crippen LogP contribution in [0.3, 0.4) is 0 Å². The molecule has 0 spiro atoms. The normalized spacial score (nSPS) is 18.4. The van der Waals surface area contributed by atoms with E-state index in [4.69, 9.17) is 0 Å². The maximum atomic E-state index is 12.1. The molecule has 1 atom stereocenters. The number of nitro benzene ring substituents is 1. The number of non-ortho nitro benzene ring substituents is 1. The lowest BCUT2D eigenvalue weighted by Crippen LogP contribution is -2.52. The molecule has 1 fully saturated rings. The lowest BCUT2D eigenvalue weighted by molar-refractivity contribution is -0.384.